The van der Waals surface area contributed by atoms with Crippen molar-refractivity contribution in [3.63, 3.8) is 0 Å². The number of rotatable bonds is 2. The van der Waals surface area contributed by atoms with E-state index in [0.717, 1.165) is 24.0 Å². The van der Waals surface area contributed by atoms with Crippen LogP contribution in [0.2, 0.25) is 0 Å². The topological polar surface area (TPSA) is 30.3 Å². The fourth-order valence-electron chi connectivity index (χ4n) is 2.62. The van der Waals surface area contributed by atoms with Gasteiger partial charge in [0.25, 0.3) is 0 Å². The second-order valence-electron chi connectivity index (χ2n) is 5.22. The van der Waals surface area contributed by atoms with Crippen molar-refractivity contribution in [2.75, 3.05) is 25.0 Å². The minimum atomic E-state index is 0.301. The van der Waals surface area contributed by atoms with E-state index in [0.29, 0.717) is 18.5 Å². The fourth-order valence-corrected chi connectivity index (χ4v) is 3.16. The highest BCUT2D eigenvalue weighted by Crippen LogP contribution is 2.28. The van der Waals surface area contributed by atoms with Gasteiger partial charge in [0.1, 0.15) is 0 Å². The number of para-hydroxylation sites is 1. The predicted octanol–water partition coefficient (Wildman–Crippen LogP) is 3.26. The standard InChI is InChI=1S/C15H20BrN3/c1-12-8-10-19(11-13(7-9-17)18(12)2)15-6-4-3-5-14(15)16/h3-6,12-13H,7-8,10-11H2,1-2H3. The Balaban J connectivity index is 2.23. The van der Waals surface area contributed by atoms with Crippen molar-refractivity contribution < 1.29 is 0 Å². The van der Waals surface area contributed by atoms with Gasteiger partial charge in [0.05, 0.1) is 18.2 Å². The normalized spacial score (nSPS) is 24.8. The molecule has 1 aliphatic rings. The summed E-state index contributed by atoms with van der Waals surface area (Å²) in [5.74, 6) is 0. The fraction of sp³-hybridized carbons (Fsp3) is 0.533. The number of nitrogens with zero attached hydrogens (tertiary/aromatic N) is 3. The Labute approximate surface area is 123 Å². The van der Waals surface area contributed by atoms with Crippen molar-refractivity contribution in [3.8, 4) is 6.07 Å². The first-order valence-corrected chi connectivity index (χ1v) is 7.51. The molecule has 0 spiro atoms. The average molecular weight is 322 g/mol. The lowest BCUT2D eigenvalue weighted by Gasteiger charge is -2.31. The second-order valence-corrected chi connectivity index (χ2v) is 6.07. The summed E-state index contributed by atoms with van der Waals surface area (Å²) in [5.41, 5.74) is 1.23. The van der Waals surface area contributed by atoms with Crippen molar-refractivity contribution in [2.45, 2.75) is 31.8 Å². The van der Waals surface area contributed by atoms with Gasteiger partial charge in [-0.05, 0) is 48.5 Å². The summed E-state index contributed by atoms with van der Waals surface area (Å²) in [6.45, 7) is 4.20. The van der Waals surface area contributed by atoms with Crippen LogP contribution in [0.15, 0.2) is 28.7 Å². The third kappa shape index (κ3) is 3.29. The Hall–Kier alpha value is -1.05. The molecule has 0 saturated carbocycles. The predicted molar refractivity (Wildman–Crippen MR) is 82.2 cm³/mol. The van der Waals surface area contributed by atoms with Gasteiger partial charge in [0.2, 0.25) is 0 Å². The highest BCUT2D eigenvalue weighted by Gasteiger charge is 2.27. The summed E-state index contributed by atoms with van der Waals surface area (Å²) in [7, 11) is 2.14. The zero-order valence-electron chi connectivity index (χ0n) is 11.5. The molecule has 2 atom stereocenters. The Kier molecular flexibility index (Phi) is 4.84. The molecule has 102 valence electrons. The first-order valence-electron chi connectivity index (χ1n) is 6.72. The maximum atomic E-state index is 9.02. The second kappa shape index (κ2) is 6.40. The number of likely N-dealkylation sites (N-methyl/N-ethyl adjacent to an activating group) is 1. The first-order chi connectivity index (χ1) is 9.13. The highest BCUT2D eigenvalue weighted by molar-refractivity contribution is 9.10. The molecule has 1 fully saturated rings. The quantitative estimate of drug-likeness (QED) is 0.837. The van der Waals surface area contributed by atoms with E-state index < -0.39 is 0 Å². The van der Waals surface area contributed by atoms with E-state index in [2.05, 4.69) is 64.0 Å². The van der Waals surface area contributed by atoms with Crippen molar-refractivity contribution in [2.24, 2.45) is 0 Å². The van der Waals surface area contributed by atoms with E-state index in [9.17, 15) is 0 Å². The van der Waals surface area contributed by atoms with Crippen LogP contribution in [0.5, 0.6) is 0 Å². The van der Waals surface area contributed by atoms with E-state index >= 15 is 0 Å². The molecular weight excluding hydrogens is 302 g/mol. The van der Waals surface area contributed by atoms with Crippen molar-refractivity contribution in [1.82, 2.24) is 4.90 Å². The van der Waals surface area contributed by atoms with Gasteiger partial charge < -0.3 is 4.90 Å². The molecule has 0 aromatic heterocycles. The van der Waals surface area contributed by atoms with Crippen LogP contribution in [0.1, 0.15) is 19.8 Å². The molecule has 1 aliphatic heterocycles. The number of hydrogen-bond donors (Lipinski definition) is 0. The van der Waals surface area contributed by atoms with Crippen LogP contribution in [-0.2, 0) is 0 Å². The maximum Gasteiger partial charge on any atom is 0.0638 e. The van der Waals surface area contributed by atoms with Crippen LogP contribution in [-0.4, -0.2) is 37.1 Å². The van der Waals surface area contributed by atoms with Crippen molar-refractivity contribution in [3.05, 3.63) is 28.7 Å². The highest BCUT2D eigenvalue weighted by atomic mass is 79.9. The van der Waals surface area contributed by atoms with E-state index in [1.807, 2.05) is 6.07 Å². The van der Waals surface area contributed by atoms with Crippen LogP contribution in [0.3, 0.4) is 0 Å². The molecule has 1 saturated heterocycles. The Morgan fingerprint density at radius 3 is 2.84 bits per heavy atom. The number of nitriles is 1. The van der Waals surface area contributed by atoms with Gasteiger partial charge in [-0.1, -0.05) is 12.1 Å². The molecule has 3 nitrogen and oxygen atoms in total. The van der Waals surface area contributed by atoms with Crippen LogP contribution in [0.4, 0.5) is 5.69 Å². The molecule has 0 N–H and O–H groups in total. The monoisotopic (exact) mass is 321 g/mol. The summed E-state index contributed by atoms with van der Waals surface area (Å²) < 4.78 is 1.13. The largest absolute Gasteiger partial charge is 0.369 e. The van der Waals surface area contributed by atoms with Crippen molar-refractivity contribution >= 4 is 21.6 Å². The third-order valence-corrected chi connectivity index (χ3v) is 4.71. The van der Waals surface area contributed by atoms with E-state index in [-0.39, 0.29) is 0 Å². The lowest BCUT2D eigenvalue weighted by atomic mass is 10.1. The zero-order valence-corrected chi connectivity index (χ0v) is 13.1. The summed E-state index contributed by atoms with van der Waals surface area (Å²) in [5, 5.41) is 9.02. The summed E-state index contributed by atoms with van der Waals surface area (Å²) in [6, 6.07) is 11.5. The van der Waals surface area contributed by atoms with E-state index in [1.165, 1.54) is 5.69 Å². The molecular formula is C15H20BrN3. The molecule has 0 bridgehead atoms. The van der Waals surface area contributed by atoms with E-state index in [4.69, 9.17) is 5.26 Å². The third-order valence-electron chi connectivity index (χ3n) is 4.04. The van der Waals surface area contributed by atoms with Crippen LogP contribution >= 0.6 is 15.9 Å². The lowest BCUT2D eigenvalue weighted by Crippen LogP contribution is -2.41. The van der Waals surface area contributed by atoms with Gasteiger partial charge in [0, 0.05) is 29.6 Å². The molecule has 0 radical (unpaired) electrons. The minimum Gasteiger partial charge on any atom is -0.369 e. The number of anilines is 1. The van der Waals surface area contributed by atoms with Crippen LogP contribution < -0.4 is 4.90 Å². The summed E-state index contributed by atoms with van der Waals surface area (Å²) in [6.07, 6.45) is 1.71. The van der Waals surface area contributed by atoms with Crippen LogP contribution in [0.25, 0.3) is 0 Å². The number of benzene rings is 1. The van der Waals surface area contributed by atoms with Gasteiger partial charge in [-0.2, -0.15) is 5.26 Å². The lowest BCUT2D eigenvalue weighted by molar-refractivity contribution is 0.199. The molecule has 1 heterocycles. The molecule has 1 aromatic carbocycles. The maximum absolute atomic E-state index is 9.02. The SMILES string of the molecule is CC1CCN(c2ccccc2Br)CC(CC#N)N1C. The van der Waals surface area contributed by atoms with Gasteiger partial charge in [-0.3, -0.25) is 4.90 Å². The van der Waals surface area contributed by atoms with Gasteiger partial charge in [0.15, 0.2) is 0 Å². The Morgan fingerprint density at radius 2 is 2.16 bits per heavy atom. The van der Waals surface area contributed by atoms with Crippen LogP contribution in [0, 0.1) is 11.3 Å². The summed E-state index contributed by atoms with van der Waals surface area (Å²) >= 11 is 3.63. The number of halogens is 1. The molecule has 0 aliphatic carbocycles. The molecule has 0 amide bonds. The average Bonchev–Trinajstić information content (AvgIpc) is 2.54. The molecule has 1 aromatic rings. The molecule has 2 unspecified atom stereocenters. The van der Waals surface area contributed by atoms with E-state index in [1.54, 1.807) is 0 Å². The molecule has 19 heavy (non-hydrogen) atoms. The van der Waals surface area contributed by atoms with Gasteiger partial charge in [-0.15, -0.1) is 0 Å². The first kappa shape index (κ1) is 14.4. The van der Waals surface area contributed by atoms with Gasteiger partial charge in [-0.25, -0.2) is 0 Å². The van der Waals surface area contributed by atoms with Gasteiger partial charge >= 0.3 is 0 Å². The molecule has 4 heteroatoms. The molecule has 2 rings (SSSR count). The minimum absolute atomic E-state index is 0.301. The number of hydrogen-bond acceptors (Lipinski definition) is 3. The van der Waals surface area contributed by atoms with Crippen molar-refractivity contribution in [1.29, 1.82) is 5.26 Å². The Bertz CT molecular complexity index is 469. The Morgan fingerprint density at radius 1 is 1.42 bits per heavy atom. The summed E-state index contributed by atoms with van der Waals surface area (Å²) in [4.78, 5) is 4.74. The zero-order chi connectivity index (χ0) is 13.8. The smallest absolute Gasteiger partial charge is 0.0638 e.